The first kappa shape index (κ1) is 18.7. The summed E-state index contributed by atoms with van der Waals surface area (Å²) in [5.41, 5.74) is 4.28. The van der Waals surface area contributed by atoms with E-state index in [4.69, 9.17) is 0 Å². The summed E-state index contributed by atoms with van der Waals surface area (Å²) in [5.74, 6) is 0.174. The minimum atomic E-state index is -0.225. The average Bonchev–Trinajstić information content (AvgIpc) is 3.11. The van der Waals surface area contributed by atoms with Crippen LogP contribution >= 0.6 is 0 Å². The number of hydrogen-bond donors (Lipinski definition) is 1. The molecule has 1 fully saturated rings. The summed E-state index contributed by atoms with van der Waals surface area (Å²) in [4.78, 5) is 32.6. The first-order chi connectivity index (χ1) is 13.6. The van der Waals surface area contributed by atoms with Gasteiger partial charge in [-0.25, -0.2) is 4.98 Å². The van der Waals surface area contributed by atoms with Crippen LogP contribution in [0.25, 0.3) is 0 Å². The normalized spacial score (nSPS) is 16.6. The smallest absolute Gasteiger partial charge is 0.289 e. The van der Waals surface area contributed by atoms with E-state index in [-0.39, 0.29) is 11.8 Å². The van der Waals surface area contributed by atoms with Gasteiger partial charge in [-0.3, -0.25) is 9.59 Å². The number of carbonyl (C=O) groups excluding carboxylic acids is 2. The van der Waals surface area contributed by atoms with Gasteiger partial charge in [0.2, 0.25) is 0 Å². The van der Waals surface area contributed by atoms with Crippen molar-refractivity contribution in [1.82, 2.24) is 14.5 Å². The third-order valence-electron chi connectivity index (χ3n) is 6.02. The van der Waals surface area contributed by atoms with Crippen LogP contribution in [-0.4, -0.2) is 39.4 Å². The molecule has 0 bridgehead atoms. The van der Waals surface area contributed by atoms with E-state index in [0.29, 0.717) is 11.5 Å². The molecule has 148 valence electrons. The second-order valence-electron chi connectivity index (χ2n) is 7.89. The van der Waals surface area contributed by atoms with E-state index >= 15 is 0 Å². The lowest BCUT2D eigenvalue weighted by Crippen LogP contribution is -2.37. The van der Waals surface area contributed by atoms with Crippen molar-refractivity contribution < 1.29 is 9.59 Å². The van der Waals surface area contributed by atoms with Crippen LogP contribution in [0, 0.1) is 13.8 Å². The zero-order valence-corrected chi connectivity index (χ0v) is 16.8. The maximum atomic E-state index is 13.1. The minimum absolute atomic E-state index is 0.0337. The van der Waals surface area contributed by atoms with E-state index in [9.17, 15) is 9.59 Å². The zero-order chi connectivity index (χ0) is 19.7. The Balaban J connectivity index is 1.65. The maximum Gasteiger partial charge on any atom is 0.289 e. The molecule has 2 aliphatic heterocycles. The molecular weight excluding hydrogens is 352 g/mol. The van der Waals surface area contributed by atoms with Crippen LogP contribution in [0.4, 0.5) is 5.69 Å². The SMILES string of the molecule is Cc1cccc(NC(=O)c2nc(C(=O)N3CCCCC3)n3c2CCCC3)c1C. The van der Waals surface area contributed by atoms with Crippen molar-refractivity contribution in [1.29, 1.82) is 0 Å². The minimum Gasteiger partial charge on any atom is -0.336 e. The Hall–Kier alpha value is -2.63. The first-order valence-electron chi connectivity index (χ1n) is 10.3. The number of piperidine rings is 1. The molecule has 0 aliphatic carbocycles. The van der Waals surface area contributed by atoms with Crippen molar-refractivity contribution >= 4 is 17.5 Å². The number of aromatic nitrogens is 2. The van der Waals surface area contributed by atoms with E-state index in [2.05, 4.69) is 10.3 Å². The monoisotopic (exact) mass is 380 g/mol. The summed E-state index contributed by atoms with van der Waals surface area (Å²) in [5, 5.41) is 3.01. The van der Waals surface area contributed by atoms with Crippen molar-refractivity contribution in [2.45, 2.75) is 58.9 Å². The molecule has 28 heavy (non-hydrogen) atoms. The lowest BCUT2D eigenvalue weighted by atomic mass is 10.1. The van der Waals surface area contributed by atoms with Crippen LogP contribution in [-0.2, 0) is 13.0 Å². The van der Waals surface area contributed by atoms with Crippen LogP contribution in [0.1, 0.15) is 70.0 Å². The topological polar surface area (TPSA) is 67.2 Å². The number of benzene rings is 1. The summed E-state index contributed by atoms with van der Waals surface area (Å²) in [6.45, 7) is 6.35. The summed E-state index contributed by atoms with van der Waals surface area (Å²) >= 11 is 0. The van der Waals surface area contributed by atoms with Crippen molar-refractivity contribution in [3.05, 3.63) is 46.5 Å². The number of imidazole rings is 1. The molecule has 0 saturated carbocycles. The van der Waals surface area contributed by atoms with E-state index < -0.39 is 0 Å². The van der Waals surface area contributed by atoms with Gasteiger partial charge < -0.3 is 14.8 Å². The number of rotatable bonds is 3. The Bertz CT molecular complexity index is 910. The number of likely N-dealkylation sites (tertiary alicyclic amines) is 1. The molecule has 4 rings (SSSR count). The van der Waals surface area contributed by atoms with Gasteiger partial charge in [0.25, 0.3) is 11.8 Å². The van der Waals surface area contributed by atoms with Crippen LogP contribution in [0.2, 0.25) is 0 Å². The molecule has 0 atom stereocenters. The fraction of sp³-hybridized carbons (Fsp3) is 0.500. The van der Waals surface area contributed by atoms with E-state index in [1.54, 1.807) is 0 Å². The Morgan fingerprint density at radius 1 is 1.00 bits per heavy atom. The number of nitrogens with zero attached hydrogens (tertiary/aromatic N) is 3. The fourth-order valence-electron chi connectivity index (χ4n) is 4.19. The quantitative estimate of drug-likeness (QED) is 0.883. The third kappa shape index (κ3) is 3.43. The second kappa shape index (κ2) is 7.78. The maximum absolute atomic E-state index is 13.1. The highest BCUT2D eigenvalue weighted by atomic mass is 16.2. The van der Waals surface area contributed by atoms with Crippen molar-refractivity contribution in [3.8, 4) is 0 Å². The molecule has 1 aromatic carbocycles. The molecule has 6 heteroatoms. The van der Waals surface area contributed by atoms with E-state index in [1.807, 2.05) is 41.5 Å². The summed E-state index contributed by atoms with van der Waals surface area (Å²) in [6.07, 6.45) is 6.08. The molecular formula is C22H28N4O2. The second-order valence-corrected chi connectivity index (χ2v) is 7.89. The summed E-state index contributed by atoms with van der Waals surface area (Å²) in [6, 6.07) is 5.87. The van der Waals surface area contributed by atoms with Gasteiger partial charge in [-0.15, -0.1) is 0 Å². The number of nitrogens with one attached hydrogen (secondary N) is 1. The highest BCUT2D eigenvalue weighted by Gasteiger charge is 2.30. The van der Waals surface area contributed by atoms with Gasteiger partial charge in [0.1, 0.15) is 0 Å². The number of carbonyl (C=O) groups is 2. The van der Waals surface area contributed by atoms with Gasteiger partial charge in [0.15, 0.2) is 11.5 Å². The zero-order valence-electron chi connectivity index (χ0n) is 16.8. The lowest BCUT2D eigenvalue weighted by Gasteiger charge is -2.27. The van der Waals surface area contributed by atoms with Crippen molar-refractivity contribution in [2.75, 3.05) is 18.4 Å². The van der Waals surface area contributed by atoms with Gasteiger partial charge >= 0.3 is 0 Å². The predicted octanol–water partition coefficient (Wildman–Crippen LogP) is 3.71. The molecule has 2 amide bonds. The molecule has 2 aliphatic rings. The average molecular weight is 380 g/mol. The van der Waals surface area contributed by atoms with Gasteiger partial charge in [-0.2, -0.15) is 0 Å². The molecule has 0 radical (unpaired) electrons. The van der Waals surface area contributed by atoms with Crippen LogP contribution in [0.3, 0.4) is 0 Å². The fourth-order valence-corrected chi connectivity index (χ4v) is 4.19. The lowest BCUT2D eigenvalue weighted by molar-refractivity contribution is 0.0705. The number of anilines is 1. The molecule has 0 unspecified atom stereocenters. The van der Waals surface area contributed by atoms with Gasteiger partial charge in [-0.05, 0) is 69.6 Å². The number of aryl methyl sites for hydroxylation is 1. The summed E-state index contributed by atoms with van der Waals surface area (Å²) < 4.78 is 1.98. The number of amides is 2. The first-order valence-corrected chi connectivity index (χ1v) is 10.3. The summed E-state index contributed by atoms with van der Waals surface area (Å²) in [7, 11) is 0. The standard InChI is InChI=1S/C22H28N4O2/c1-15-9-8-10-17(16(15)2)23-21(27)19-18-11-4-7-14-26(18)20(24-19)22(28)25-12-5-3-6-13-25/h8-10H,3-7,11-14H2,1-2H3,(H,23,27). The number of hydrogen-bond acceptors (Lipinski definition) is 3. The molecule has 2 aromatic rings. The highest BCUT2D eigenvalue weighted by molar-refractivity contribution is 6.05. The van der Waals surface area contributed by atoms with Gasteiger partial charge in [-0.1, -0.05) is 12.1 Å². The Labute approximate surface area is 165 Å². The molecule has 1 saturated heterocycles. The van der Waals surface area contributed by atoms with Crippen molar-refractivity contribution in [3.63, 3.8) is 0 Å². The Morgan fingerprint density at radius 2 is 1.75 bits per heavy atom. The van der Waals surface area contributed by atoms with Crippen molar-refractivity contribution in [2.24, 2.45) is 0 Å². The van der Waals surface area contributed by atoms with Gasteiger partial charge in [0, 0.05) is 25.3 Å². The predicted molar refractivity (Wildman–Crippen MR) is 109 cm³/mol. The van der Waals surface area contributed by atoms with Crippen LogP contribution < -0.4 is 5.32 Å². The molecule has 3 heterocycles. The molecule has 1 aromatic heterocycles. The van der Waals surface area contributed by atoms with Crippen LogP contribution in [0.5, 0.6) is 0 Å². The van der Waals surface area contributed by atoms with E-state index in [1.165, 1.54) is 6.42 Å². The molecule has 0 spiro atoms. The third-order valence-corrected chi connectivity index (χ3v) is 6.02. The Kier molecular flexibility index (Phi) is 5.20. The van der Waals surface area contributed by atoms with Gasteiger partial charge in [0.05, 0.1) is 5.69 Å². The largest absolute Gasteiger partial charge is 0.336 e. The molecule has 6 nitrogen and oxygen atoms in total. The Morgan fingerprint density at radius 3 is 2.54 bits per heavy atom. The molecule has 1 N–H and O–H groups in total. The van der Waals surface area contributed by atoms with E-state index in [0.717, 1.165) is 74.2 Å². The number of fused-ring (bicyclic) bond motifs is 1. The highest BCUT2D eigenvalue weighted by Crippen LogP contribution is 2.25. The van der Waals surface area contributed by atoms with Crippen LogP contribution in [0.15, 0.2) is 18.2 Å².